The lowest BCUT2D eigenvalue weighted by molar-refractivity contribution is 0.406. The summed E-state index contributed by atoms with van der Waals surface area (Å²) in [5.74, 6) is 0.943. The fraction of sp³-hybridized carbons (Fsp3) is 0.294. The second-order valence-corrected chi connectivity index (χ2v) is 4.83. The van der Waals surface area contributed by atoms with Crippen LogP contribution in [0.2, 0.25) is 0 Å². The zero-order chi connectivity index (χ0) is 13.7. The maximum atomic E-state index is 5.40. The molecular weight excluding hydrogens is 234 g/mol. The van der Waals surface area contributed by atoms with Crippen LogP contribution in [-0.2, 0) is 6.54 Å². The van der Waals surface area contributed by atoms with Crippen molar-refractivity contribution < 1.29 is 4.74 Å². The second kappa shape index (κ2) is 6.39. The third-order valence-electron chi connectivity index (χ3n) is 3.33. The quantitative estimate of drug-likeness (QED) is 0.876. The van der Waals surface area contributed by atoms with Crippen molar-refractivity contribution in [2.75, 3.05) is 7.11 Å². The van der Waals surface area contributed by atoms with Crippen molar-refractivity contribution in [1.82, 2.24) is 5.32 Å². The van der Waals surface area contributed by atoms with Crippen molar-refractivity contribution in [1.29, 1.82) is 0 Å². The van der Waals surface area contributed by atoms with Gasteiger partial charge in [-0.25, -0.2) is 0 Å². The Kier molecular flexibility index (Phi) is 4.58. The fourth-order valence-corrected chi connectivity index (χ4v) is 2.17. The molecule has 19 heavy (non-hydrogen) atoms. The van der Waals surface area contributed by atoms with Crippen LogP contribution >= 0.6 is 0 Å². The van der Waals surface area contributed by atoms with Crippen molar-refractivity contribution in [3.63, 3.8) is 0 Å². The Morgan fingerprint density at radius 2 is 1.84 bits per heavy atom. The van der Waals surface area contributed by atoms with Gasteiger partial charge in [0, 0.05) is 18.2 Å². The van der Waals surface area contributed by atoms with Crippen LogP contribution < -0.4 is 10.1 Å². The van der Waals surface area contributed by atoms with Crippen LogP contribution in [-0.4, -0.2) is 7.11 Å². The molecule has 0 spiro atoms. The van der Waals surface area contributed by atoms with Crippen molar-refractivity contribution in [3.05, 3.63) is 65.2 Å². The highest BCUT2D eigenvalue weighted by Gasteiger charge is 2.07. The Bertz CT molecular complexity index is 522. The molecule has 1 atom stereocenters. The van der Waals surface area contributed by atoms with Gasteiger partial charge in [0.25, 0.3) is 0 Å². The normalized spacial score (nSPS) is 12.2. The van der Waals surface area contributed by atoms with E-state index in [1.54, 1.807) is 7.11 Å². The molecule has 0 aliphatic carbocycles. The molecule has 0 aliphatic heterocycles. The van der Waals surface area contributed by atoms with Crippen molar-refractivity contribution in [3.8, 4) is 5.75 Å². The van der Waals surface area contributed by atoms with Crippen molar-refractivity contribution in [2.24, 2.45) is 0 Å². The van der Waals surface area contributed by atoms with Gasteiger partial charge in [-0.2, -0.15) is 0 Å². The predicted molar refractivity (Wildman–Crippen MR) is 79.4 cm³/mol. The molecular formula is C17H21NO. The van der Waals surface area contributed by atoms with Crippen molar-refractivity contribution in [2.45, 2.75) is 26.4 Å². The average Bonchev–Trinajstić information content (AvgIpc) is 2.46. The van der Waals surface area contributed by atoms with E-state index in [0.29, 0.717) is 6.04 Å². The second-order valence-electron chi connectivity index (χ2n) is 4.83. The highest BCUT2D eigenvalue weighted by atomic mass is 16.5. The number of benzene rings is 2. The highest BCUT2D eigenvalue weighted by Crippen LogP contribution is 2.21. The van der Waals surface area contributed by atoms with Crippen LogP contribution in [0.1, 0.15) is 29.7 Å². The monoisotopic (exact) mass is 255 g/mol. The molecule has 2 aromatic carbocycles. The molecule has 1 unspecified atom stereocenters. The molecule has 2 aromatic rings. The first-order valence-corrected chi connectivity index (χ1v) is 6.62. The molecule has 0 amide bonds. The molecule has 0 fully saturated rings. The Morgan fingerprint density at radius 1 is 1.11 bits per heavy atom. The van der Waals surface area contributed by atoms with Crippen molar-refractivity contribution >= 4 is 0 Å². The van der Waals surface area contributed by atoms with Gasteiger partial charge in [-0.05, 0) is 25.5 Å². The topological polar surface area (TPSA) is 21.3 Å². The van der Waals surface area contributed by atoms with Gasteiger partial charge >= 0.3 is 0 Å². The zero-order valence-corrected chi connectivity index (χ0v) is 11.8. The molecule has 2 heteroatoms. The van der Waals surface area contributed by atoms with E-state index in [1.807, 2.05) is 12.1 Å². The largest absolute Gasteiger partial charge is 0.496 e. The van der Waals surface area contributed by atoms with Crippen LogP contribution in [0.4, 0.5) is 0 Å². The number of nitrogens with one attached hydrogen (secondary N) is 1. The van der Waals surface area contributed by atoms with Gasteiger partial charge in [0.2, 0.25) is 0 Å². The number of methoxy groups -OCH3 is 1. The summed E-state index contributed by atoms with van der Waals surface area (Å²) in [6.07, 6.45) is 0. The van der Waals surface area contributed by atoms with E-state index in [9.17, 15) is 0 Å². The number of hydrogen-bond acceptors (Lipinski definition) is 2. The van der Waals surface area contributed by atoms with E-state index < -0.39 is 0 Å². The standard InChI is InChI=1S/C17H21NO/c1-13-9-10-17(19-3)16(11-13)12-18-14(2)15-7-5-4-6-8-15/h4-11,14,18H,12H2,1-3H3. The van der Waals surface area contributed by atoms with E-state index >= 15 is 0 Å². The molecule has 2 nitrogen and oxygen atoms in total. The minimum absolute atomic E-state index is 0.325. The van der Waals surface area contributed by atoms with Crippen LogP contribution in [0, 0.1) is 6.92 Å². The van der Waals surface area contributed by atoms with Gasteiger partial charge < -0.3 is 10.1 Å². The molecule has 0 saturated heterocycles. The first-order valence-electron chi connectivity index (χ1n) is 6.62. The molecule has 100 valence electrons. The SMILES string of the molecule is COc1ccc(C)cc1CNC(C)c1ccccc1. The minimum Gasteiger partial charge on any atom is -0.496 e. The fourth-order valence-electron chi connectivity index (χ4n) is 2.17. The summed E-state index contributed by atoms with van der Waals surface area (Å²) in [6, 6.07) is 17.1. The predicted octanol–water partition coefficient (Wildman–Crippen LogP) is 3.85. The Labute approximate surface area is 115 Å². The summed E-state index contributed by atoms with van der Waals surface area (Å²) in [5, 5.41) is 3.54. The number of aryl methyl sites for hydroxylation is 1. The van der Waals surface area contributed by atoms with Crippen LogP contribution in [0.5, 0.6) is 5.75 Å². The number of rotatable bonds is 5. The van der Waals surface area contributed by atoms with Gasteiger partial charge in [-0.15, -0.1) is 0 Å². The van der Waals surface area contributed by atoms with Gasteiger partial charge in [-0.1, -0.05) is 48.0 Å². The maximum absolute atomic E-state index is 5.40. The minimum atomic E-state index is 0.325. The summed E-state index contributed by atoms with van der Waals surface area (Å²) in [7, 11) is 1.72. The van der Waals surface area contributed by atoms with E-state index in [2.05, 4.69) is 55.6 Å². The first-order chi connectivity index (χ1) is 9.20. The van der Waals surface area contributed by atoms with E-state index in [1.165, 1.54) is 16.7 Å². The lowest BCUT2D eigenvalue weighted by atomic mass is 10.1. The Morgan fingerprint density at radius 3 is 2.53 bits per heavy atom. The third-order valence-corrected chi connectivity index (χ3v) is 3.33. The molecule has 0 radical (unpaired) electrons. The van der Waals surface area contributed by atoms with Crippen LogP contribution in [0.25, 0.3) is 0 Å². The summed E-state index contributed by atoms with van der Waals surface area (Å²) in [4.78, 5) is 0. The molecule has 0 heterocycles. The van der Waals surface area contributed by atoms with Gasteiger partial charge in [-0.3, -0.25) is 0 Å². The van der Waals surface area contributed by atoms with E-state index in [-0.39, 0.29) is 0 Å². The summed E-state index contributed by atoms with van der Waals surface area (Å²) < 4.78 is 5.40. The summed E-state index contributed by atoms with van der Waals surface area (Å²) in [6.45, 7) is 5.09. The third kappa shape index (κ3) is 3.58. The molecule has 0 aliphatic rings. The average molecular weight is 255 g/mol. The first kappa shape index (κ1) is 13.6. The highest BCUT2D eigenvalue weighted by molar-refractivity contribution is 5.36. The molecule has 0 aromatic heterocycles. The lowest BCUT2D eigenvalue weighted by Crippen LogP contribution is -2.18. The molecule has 0 bridgehead atoms. The zero-order valence-electron chi connectivity index (χ0n) is 11.8. The smallest absolute Gasteiger partial charge is 0.123 e. The maximum Gasteiger partial charge on any atom is 0.123 e. The van der Waals surface area contributed by atoms with E-state index in [4.69, 9.17) is 4.74 Å². The summed E-state index contributed by atoms with van der Waals surface area (Å²) in [5.41, 5.74) is 3.75. The Hall–Kier alpha value is -1.80. The van der Waals surface area contributed by atoms with Gasteiger partial charge in [0.05, 0.1) is 7.11 Å². The van der Waals surface area contributed by atoms with E-state index in [0.717, 1.165) is 12.3 Å². The lowest BCUT2D eigenvalue weighted by Gasteiger charge is -2.16. The Balaban J connectivity index is 2.04. The number of hydrogen-bond donors (Lipinski definition) is 1. The number of ether oxygens (including phenoxy) is 1. The molecule has 0 saturated carbocycles. The van der Waals surface area contributed by atoms with Gasteiger partial charge in [0.1, 0.15) is 5.75 Å². The van der Waals surface area contributed by atoms with Gasteiger partial charge in [0.15, 0.2) is 0 Å². The molecule has 1 N–H and O–H groups in total. The molecule has 2 rings (SSSR count). The van der Waals surface area contributed by atoms with Crippen LogP contribution in [0.15, 0.2) is 48.5 Å². The van der Waals surface area contributed by atoms with Crippen LogP contribution in [0.3, 0.4) is 0 Å². The summed E-state index contributed by atoms with van der Waals surface area (Å²) >= 11 is 0.